The van der Waals surface area contributed by atoms with Crippen LogP contribution < -0.4 is 0 Å². The lowest BCUT2D eigenvalue weighted by atomic mass is 9.96. The van der Waals surface area contributed by atoms with Crippen molar-refractivity contribution < 1.29 is 0 Å². The second-order valence-corrected chi connectivity index (χ2v) is 5.67. The molecular formula is C19H26N2. The van der Waals surface area contributed by atoms with E-state index in [0.29, 0.717) is 0 Å². The summed E-state index contributed by atoms with van der Waals surface area (Å²) >= 11 is 0. The van der Waals surface area contributed by atoms with Gasteiger partial charge in [0.25, 0.3) is 0 Å². The third-order valence-corrected chi connectivity index (χ3v) is 3.81. The Labute approximate surface area is 128 Å². The van der Waals surface area contributed by atoms with Gasteiger partial charge in [-0.25, -0.2) is 0 Å². The zero-order valence-corrected chi connectivity index (χ0v) is 13.5. The minimum Gasteiger partial charge on any atom is -0.377 e. The van der Waals surface area contributed by atoms with Crippen LogP contribution in [0.1, 0.15) is 37.3 Å². The van der Waals surface area contributed by atoms with Gasteiger partial charge in [0, 0.05) is 39.0 Å². The minimum absolute atomic E-state index is 0.921. The van der Waals surface area contributed by atoms with E-state index in [2.05, 4.69) is 73.5 Å². The smallest absolute Gasteiger partial charge is 0.0399 e. The van der Waals surface area contributed by atoms with Crippen molar-refractivity contribution >= 4 is 11.8 Å². The molecule has 0 atom stereocenters. The van der Waals surface area contributed by atoms with Crippen LogP contribution in [-0.4, -0.2) is 31.8 Å². The number of hydrogen-bond donors (Lipinski definition) is 0. The number of rotatable bonds is 7. The van der Waals surface area contributed by atoms with Gasteiger partial charge in [0.2, 0.25) is 0 Å². The van der Waals surface area contributed by atoms with E-state index in [1.165, 1.54) is 35.2 Å². The Morgan fingerprint density at radius 1 is 1.24 bits per heavy atom. The lowest BCUT2D eigenvalue weighted by Gasteiger charge is -2.17. The molecule has 0 fully saturated rings. The number of allylic oxidation sites excluding steroid dienone is 3. The van der Waals surface area contributed by atoms with Crippen LogP contribution in [0.4, 0.5) is 0 Å². The quantitative estimate of drug-likeness (QED) is 0.537. The molecule has 0 saturated heterocycles. The highest BCUT2D eigenvalue weighted by Crippen LogP contribution is 2.31. The normalized spacial score (nSPS) is 14.4. The Balaban J connectivity index is 2.18. The second-order valence-electron chi connectivity index (χ2n) is 5.67. The van der Waals surface area contributed by atoms with Gasteiger partial charge in [-0.15, -0.1) is 0 Å². The molecule has 1 aromatic carbocycles. The Hall–Kier alpha value is -1.83. The third kappa shape index (κ3) is 4.07. The van der Waals surface area contributed by atoms with Crippen molar-refractivity contribution in [3.05, 3.63) is 53.2 Å². The summed E-state index contributed by atoms with van der Waals surface area (Å²) in [5.41, 5.74) is 5.49. The predicted octanol–water partition coefficient (Wildman–Crippen LogP) is 4.33. The molecule has 21 heavy (non-hydrogen) atoms. The first-order chi connectivity index (χ1) is 10.2. The fourth-order valence-corrected chi connectivity index (χ4v) is 2.66. The Kier molecular flexibility index (Phi) is 5.79. The number of aliphatic imine (C=N–C) groups is 1. The van der Waals surface area contributed by atoms with Crippen molar-refractivity contribution in [3.63, 3.8) is 0 Å². The Morgan fingerprint density at radius 2 is 2.05 bits per heavy atom. The molecule has 1 aliphatic carbocycles. The van der Waals surface area contributed by atoms with E-state index >= 15 is 0 Å². The maximum atomic E-state index is 4.51. The maximum absolute atomic E-state index is 4.51. The summed E-state index contributed by atoms with van der Waals surface area (Å²) in [5, 5.41) is 0. The predicted molar refractivity (Wildman–Crippen MR) is 92.8 cm³/mol. The topological polar surface area (TPSA) is 15.6 Å². The fraction of sp³-hybridized carbons (Fsp3) is 0.421. The number of likely N-dealkylation sites (N-methyl/N-ethyl adjacent to an activating group) is 1. The molecule has 1 aliphatic rings. The van der Waals surface area contributed by atoms with Crippen LogP contribution in [0.3, 0.4) is 0 Å². The summed E-state index contributed by atoms with van der Waals surface area (Å²) in [6.45, 7) is 3.15. The van der Waals surface area contributed by atoms with Crippen LogP contribution in [0.15, 0.2) is 47.1 Å². The molecule has 0 aliphatic heterocycles. The van der Waals surface area contributed by atoms with Crippen molar-refractivity contribution in [1.29, 1.82) is 0 Å². The first-order valence-electron chi connectivity index (χ1n) is 7.87. The molecule has 0 N–H and O–H groups in total. The van der Waals surface area contributed by atoms with E-state index < -0.39 is 0 Å². The first kappa shape index (κ1) is 15.6. The van der Waals surface area contributed by atoms with E-state index in [9.17, 15) is 0 Å². The lowest BCUT2D eigenvalue weighted by molar-refractivity contribution is 0.533. The van der Waals surface area contributed by atoms with Gasteiger partial charge in [-0.05, 0) is 35.6 Å². The highest BCUT2D eigenvalue weighted by atomic mass is 15.1. The van der Waals surface area contributed by atoms with Gasteiger partial charge in [-0.2, -0.15) is 0 Å². The third-order valence-electron chi connectivity index (χ3n) is 3.81. The van der Waals surface area contributed by atoms with Crippen LogP contribution in [0.5, 0.6) is 0 Å². The summed E-state index contributed by atoms with van der Waals surface area (Å²) in [5.74, 6) is 0. The molecule has 0 bridgehead atoms. The van der Waals surface area contributed by atoms with Gasteiger partial charge in [-0.3, -0.25) is 4.99 Å². The number of benzene rings is 1. The molecule has 112 valence electrons. The molecule has 0 amide bonds. The maximum Gasteiger partial charge on any atom is 0.0399 e. The van der Waals surface area contributed by atoms with Crippen LogP contribution in [0.25, 0.3) is 5.57 Å². The highest BCUT2D eigenvalue weighted by Gasteiger charge is 2.15. The van der Waals surface area contributed by atoms with Gasteiger partial charge in [0.05, 0.1) is 0 Å². The van der Waals surface area contributed by atoms with E-state index in [-0.39, 0.29) is 0 Å². The molecule has 0 saturated carbocycles. The van der Waals surface area contributed by atoms with Gasteiger partial charge >= 0.3 is 0 Å². The molecule has 0 aromatic heterocycles. The minimum atomic E-state index is 0.921. The zero-order chi connectivity index (χ0) is 15.1. The van der Waals surface area contributed by atoms with Crippen molar-refractivity contribution in [2.75, 3.05) is 20.6 Å². The molecule has 0 radical (unpaired) electrons. The van der Waals surface area contributed by atoms with E-state index in [4.69, 9.17) is 0 Å². The molecule has 0 heterocycles. The molecule has 2 nitrogen and oxygen atoms in total. The summed E-state index contributed by atoms with van der Waals surface area (Å²) in [4.78, 5) is 6.71. The van der Waals surface area contributed by atoms with Gasteiger partial charge in [0.15, 0.2) is 0 Å². The van der Waals surface area contributed by atoms with Crippen molar-refractivity contribution in [3.8, 4) is 0 Å². The molecule has 2 heteroatoms. The molecule has 0 unspecified atom stereocenters. The summed E-state index contributed by atoms with van der Waals surface area (Å²) in [7, 11) is 4.22. The van der Waals surface area contributed by atoms with Crippen molar-refractivity contribution in [2.24, 2.45) is 4.99 Å². The average molecular weight is 282 g/mol. The first-order valence-corrected chi connectivity index (χ1v) is 7.87. The van der Waals surface area contributed by atoms with Gasteiger partial charge in [0.1, 0.15) is 0 Å². The summed E-state index contributed by atoms with van der Waals surface area (Å²) in [6.07, 6.45) is 10.9. The average Bonchev–Trinajstić information content (AvgIpc) is 2.97. The Bertz CT molecular complexity index is 550. The molecule has 1 aromatic rings. The van der Waals surface area contributed by atoms with E-state index in [1.54, 1.807) is 0 Å². The Morgan fingerprint density at radius 3 is 2.81 bits per heavy atom. The SMILES string of the molecule is CCCCN=CCc1ccccc1C1=C(N(C)C)C=CC1. The lowest BCUT2D eigenvalue weighted by Crippen LogP contribution is -2.10. The molecular weight excluding hydrogens is 256 g/mol. The van der Waals surface area contributed by atoms with Crippen LogP contribution >= 0.6 is 0 Å². The number of hydrogen-bond acceptors (Lipinski definition) is 2. The number of unbranched alkanes of at least 4 members (excludes halogenated alkanes) is 1. The largest absolute Gasteiger partial charge is 0.377 e. The van der Waals surface area contributed by atoms with Crippen LogP contribution in [-0.2, 0) is 6.42 Å². The van der Waals surface area contributed by atoms with Crippen molar-refractivity contribution in [1.82, 2.24) is 4.90 Å². The summed E-state index contributed by atoms with van der Waals surface area (Å²) in [6, 6.07) is 8.71. The van der Waals surface area contributed by atoms with Gasteiger partial charge in [-0.1, -0.05) is 43.7 Å². The monoisotopic (exact) mass is 282 g/mol. The molecule has 0 spiro atoms. The van der Waals surface area contributed by atoms with E-state index in [1.807, 2.05) is 0 Å². The zero-order valence-electron chi connectivity index (χ0n) is 13.5. The van der Waals surface area contributed by atoms with Crippen LogP contribution in [0.2, 0.25) is 0 Å². The van der Waals surface area contributed by atoms with Crippen LogP contribution in [0, 0.1) is 0 Å². The molecule has 2 rings (SSSR count). The van der Waals surface area contributed by atoms with Gasteiger partial charge < -0.3 is 4.90 Å². The number of nitrogens with zero attached hydrogens (tertiary/aromatic N) is 2. The standard InChI is InChI=1S/C19H26N2/c1-4-5-14-20-15-13-16-9-6-7-10-17(16)18-11-8-12-19(18)21(2)3/h6-10,12,15H,4-5,11,13-14H2,1-3H3. The highest BCUT2D eigenvalue weighted by molar-refractivity contribution is 5.78. The second kappa shape index (κ2) is 7.82. The summed E-state index contributed by atoms with van der Waals surface area (Å²) < 4.78 is 0. The fourth-order valence-electron chi connectivity index (χ4n) is 2.66. The van der Waals surface area contributed by atoms with Crippen molar-refractivity contribution in [2.45, 2.75) is 32.6 Å². The van der Waals surface area contributed by atoms with E-state index in [0.717, 1.165) is 19.4 Å².